The number of benzene rings is 1. The van der Waals surface area contributed by atoms with Crippen LogP contribution in [0, 0.1) is 0 Å². The Morgan fingerprint density at radius 3 is 2.35 bits per heavy atom. The molecule has 3 N–H and O–H groups in total. The van der Waals surface area contributed by atoms with E-state index in [4.69, 9.17) is 20.3 Å². The lowest BCUT2D eigenvalue weighted by Gasteiger charge is -2.21. The van der Waals surface area contributed by atoms with Crippen LogP contribution in [0.2, 0.25) is 0 Å². The predicted molar refractivity (Wildman–Crippen MR) is 67.4 cm³/mol. The van der Waals surface area contributed by atoms with E-state index in [2.05, 4.69) is 0 Å². The molecule has 0 aliphatic rings. The molecular weight excluding hydrogens is 218 g/mol. The predicted octanol–water partition coefficient (Wildman–Crippen LogP) is 1.56. The Morgan fingerprint density at radius 2 is 1.82 bits per heavy atom. The molecule has 0 radical (unpaired) electrons. The summed E-state index contributed by atoms with van der Waals surface area (Å²) in [5.74, 6) is 1.45. The molecule has 96 valence electrons. The van der Waals surface area contributed by atoms with E-state index in [0.29, 0.717) is 25.4 Å². The number of para-hydroxylation sites is 2. The highest BCUT2D eigenvalue weighted by Crippen LogP contribution is 2.26. The van der Waals surface area contributed by atoms with Gasteiger partial charge in [-0.05, 0) is 26.0 Å². The van der Waals surface area contributed by atoms with Crippen LogP contribution in [0.1, 0.15) is 20.3 Å². The second kappa shape index (κ2) is 6.47. The molecule has 0 bridgehead atoms. The molecule has 0 fully saturated rings. The highest BCUT2D eigenvalue weighted by atomic mass is 16.5. The first-order valence-corrected chi connectivity index (χ1v) is 5.83. The quantitative estimate of drug-likeness (QED) is 0.758. The molecule has 1 aromatic rings. The van der Waals surface area contributed by atoms with Gasteiger partial charge in [0, 0.05) is 12.0 Å². The van der Waals surface area contributed by atoms with Crippen LogP contribution in [0.3, 0.4) is 0 Å². The minimum absolute atomic E-state index is 0.0521. The fourth-order valence-electron chi connectivity index (χ4n) is 1.32. The molecular formula is C13H21NO3. The highest BCUT2D eigenvalue weighted by molar-refractivity contribution is 5.39. The van der Waals surface area contributed by atoms with Crippen LogP contribution in [-0.2, 0) is 0 Å². The molecule has 0 spiro atoms. The summed E-state index contributed by atoms with van der Waals surface area (Å²) in [6, 6.07) is 7.52. The molecule has 1 rings (SSSR count). The summed E-state index contributed by atoms with van der Waals surface area (Å²) in [5.41, 5.74) is 5.22. The van der Waals surface area contributed by atoms with Gasteiger partial charge < -0.3 is 20.3 Å². The standard InChI is InChI=1S/C13H21NO3/c1-3-16-11-6-4-5-7-12(11)17-9-8-13(2,14)10-15/h4-7,15H,3,8-10,14H2,1-2H3. The fraction of sp³-hybridized carbons (Fsp3) is 0.538. The molecule has 0 amide bonds. The Hall–Kier alpha value is -1.26. The second-order valence-corrected chi connectivity index (χ2v) is 4.29. The smallest absolute Gasteiger partial charge is 0.161 e. The van der Waals surface area contributed by atoms with Gasteiger partial charge >= 0.3 is 0 Å². The lowest BCUT2D eigenvalue weighted by Crippen LogP contribution is -2.41. The second-order valence-electron chi connectivity index (χ2n) is 4.29. The zero-order chi connectivity index (χ0) is 12.7. The average Bonchev–Trinajstić information content (AvgIpc) is 2.31. The van der Waals surface area contributed by atoms with E-state index >= 15 is 0 Å². The zero-order valence-corrected chi connectivity index (χ0v) is 10.5. The first-order chi connectivity index (χ1) is 8.09. The summed E-state index contributed by atoms with van der Waals surface area (Å²) in [4.78, 5) is 0. The van der Waals surface area contributed by atoms with Crippen molar-refractivity contribution in [3.05, 3.63) is 24.3 Å². The van der Waals surface area contributed by atoms with Crippen molar-refractivity contribution >= 4 is 0 Å². The van der Waals surface area contributed by atoms with Crippen LogP contribution < -0.4 is 15.2 Å². The first-order valence-electron chi connectivity index (χ1n) is 5.83. The van der Waals surface area contributed by atoms with Gasteiger partial charge in [0.1, 0.15) is 0 Å². The normalized spacial score (nSPS) is 14.1. The number of ether oxygens (including phenoxy) is 2. The number of rotatable bonds is 7. The monoisotopic (exact) mass is 239 g/mol. The molecule has 0 saturated carbocycles. The maximum atomic E-state index is 9.02. The fourth-order valence-corrected chi connectivity index (χ4v) is 1.32. The van der Waals surface area contributed by atoms with E-state index in [1.807, 2.05) is 31.2 Å². The van der Waals surface area contributed by atoms with Crippen LogP contribution in [0.25, 0.3) is 0 Å². The Bertz CT molecular complexity index is 339. The number of hydrogen-bond acceptors (Lipinski definition) is 4. The Kier molecular flexibility index (Phi) is 5.25. The van der Waals surface area contributed by atoms with E-state index in [-0.39, 0.29) is 6.61 Å². The van der Waals surface area contributed by atoms with Gasteiger partial charge in [0.25, 0.3) is 0 Å². The molecule has 0 aliphatic carbocycles. The van der Waals surface area contributed by atoms with Gasteiger partial charge in [-0.15, -0.1) is 0 Å². The van der Waals surface area contributed by atoms with Crippen molar-refractivity contribution in [1.82, 2.24) is 0 Å². The van der Waals surface area contributed by atoms with E-state index < -0.39 is 5.54 Å². The van der Waals surface area contributed by atoms with Crippen molar-refractivity contribution in [2.24, 2.45) is 5.73 Å². The van der Waals surface area contributed by atoms with Crippen molar-refractivity contribution in [2.45, 2.75) is 25.8 Å². The van der Waals surface area contributed by atoms with Gasteiger partial charge in [-0.3, -0.25) is 0 Å². The maximum Gasteiger partial charge on any atom is 0.161 e. The van der Waals surface area contributed by atoms with Crippen LogP contribution in [0.5, 0.6) is 11.5 Å². The van der Waals surface area contributed by atoms with Gasteiger partial charge in [0.15, 0.2) is 11.5 Å². The number of aliphatic hydroxyl groups excluding tert-OH is 1. The van der Waals surface area contributed by atoms with Crippen molar-refractivity contribution < 1.29 is 14.6 Å². The van der Waals surface area contributed by atoms with Crippen LogP contribution in [0.4, 0.5) is 0 Å². The highest BCUT2D eigenvalue weighted by Gasteiger charge is 2.17. The lowest BCUT2D eigenvalue weighted by atomic mass is 10.0. The van der Waals surface area contributed by atoms with E-state index in [9.17, 15) is 0 Å². The Morgan fingerprint density at radius 1 is 1.24 bits per heavy atom. The molecule has 0 aliphatic heterocycles. The summed E-state index contributed by atoms with van der Waals surface area (Å²) in [6.07, 6.45) is 0.587. The maximum absolute atomic E-state index is 9.02. The topological polar surface area (TPSA) is 64.7 Å². The minimum atomic E-state index is -0.597. The summed E-state index contributed by atoms with van der Waals surface area (Å²) in [5, 5.41) is 9.02. The van der Waals surface area contributed by atoms with E-state index in [1.165, 1.54) is 0 Å². The van der Waals surface area contributed by atoms with Gasteiger partial charge in [-0.25, -0.2) is 0 Å². The third-order valence-electron chi connectivity index (χ3n) is 2.44. The van der Waals surface area contributed by atoms with E-state index in [1.54, 1.807) is 6.92 Å². The molecule has 0 heterocycles. The third-order valence-corrected chi connectivity index (χ3v) is 2.44. The number of nitrogens with two attached hydrogens (primary N) is 1. The van der Waals surface area contributed by atoms with Gasteiger partial charge in [-0.1, -0.05) is 12.1 Å². The summed E-state index contributed by atoms with van der Waals surface area (Å²) in [7, 11) is 0. The summed E-state index contributed by atoms with van der Waals surface area (Å²) < 4.78 is 11.1. The van der Waals surface area contributed by atoms with Crippen LogP contribution in [0.15, 0.2) is 24.3 Å². The minimum Gasteiger partial charge on any atom is -0.490 e. The van der Waals surface area contributed by atoms with Crippen molar-refractivity contribution in [3.63, 3.8) is 0 Å². The molecule has 17 heavy (non-hydrogen) atoms. The molecule has 1 aromatic carbocycles. The molecule has 4 nitrogen and oxygen atoms in total. The van der Waals surface area contributed by atoms with E-state index in [0.717, 1.165) is 5.75 Å². The molecule has 1 unspecified atom stereocenters. The first kappa shape index (κ1) is 13.8. The van der Waals surface area contributed by atoms with Crippen molar-refractivity contribution in [1.29, 1.82) is 0 Å². The number of hydrogen-bond donors (Lipinski definition) is 2. The molecule has 1 atom stereocenters. The zero-order valence-electron chi connectivity index (χ0n) is 10.5. The van der Waals surface area contributed by atoms with Crippen LogP contribution in [-0.4, -0.2) is 30.5 Å². The van der Waals surface area contributed by atoms with Gasteiger partial charge in [0.2, 0.25) is 0 Å². The summed E-state index contributed by atoms with van der Waals surface area (Å²) in [6.45, 7) is 4.73. The van der Waals surface area contributed by atoms with Gasteiger partial charge in [-0.2, -0.15) is 0 Å². The largest absolute Gasteiger partial charge is 0.490 e. The van der Waals surface area contributed by atoms with Crippen molar-refractivity contribution in [2.75, 3.05) is 19.8 Å². The van der Waals surface area contributed by atoms with Crippen LogP contribution >= 0.6 is 0 Å². The summed E-state index contributed by atoms with van der Waals surface area (Å²) >= 11 is 0. The third kappa shape index (κ3) is 4.63. The Balaban J connectivity index is 2.51. The molecule has 0 aromatic heterocycles. The average molecular weight is 239 g/mol. The van der Waals surface area contributed by atoms with Crippen molar-refractivity contribution in [3.8, 4) is 11.5 Å². The lowest BCUT2D eigenvalue weighted by molar-refractivity contribution is 0.172. The molecule has 0 saturated heterocycles. The molecule has 4 heteroatoms. The number of aliphatic hydroxyl groups is 1. The van der Waals surface area contributed by atoms with Gasteiger partial charge in [0.05, 0.1) is 19.8 Å². The Labute approximate surface area is 102 Å². The SMILES string of the molecule is CCOc1ccccc1OCCC(C)(N)CO.